The van der Waals surface area contributed by atoms with E-state index in [0.29, 0.717) is 49.0 Å². The van der Waals surface area contributed by atoms with Gasteiger partial charge < -0.3 is 20.3 Å². The molecular formula is C30H34FN3O3. The second kappa shape index (κ2) is 10.5. The quantitative estimate of drug-likeness (QED) is 0.547. The zero-order valence-electron chi connectivity index (χ0n) is 21.3. The third kappa shape index (κ3) is 5.35. The molecule has 1 atom stereocenters. The number of amides is 3. The average molecular weight is 504 g/mol. The van der Waals surface area contributed by atoms with Crippen molar-refractivity contribution in [3.8, 4) is 12.3 Å². The Hall–Kier alpha value is -3.37. The zero-order chi connectivity index (χ0) is 26.0. The Labute approximate surface area is 218 Å². The van der Waals surface area contributed by atoms with E-state index in [0.717, 1.165) is 36.0 Å². The largest absolute Gasteiger partial charge is 0.379 e. The number of benzene rings is 2. The summed E-state index contributed by atoms with van der Waals surface area (Å²) >= 11 is 0. The minimum absolute atomic E-state index is 0.00390. The minimum atomic E-state index is -1.48. The Balaban J connectivity index is 1.31. The summed E-state index contributed by atoms with van der Waals surface area (Å²) in [6.07, 6.45) is 9.98. The summed E-state index contributed by atoms with van der Waals surface area (Å²) in [5.74, 6) is 2.81. The van der Waals surface area contributed by atoms with Crippen LogP contribution in [-0.4, -0.2) is 49.2 Å². The first-order valence-corrected chi connectivity index (χ1v) is 13.2. The smallest absolute Gasteiger partial charge is 0.319 e. The fraction of sp³-hybridized carbons (Fsp3) is 0.467. The van der Waals surface area contributed by atoms with Crippen molar-refractivity contribution in [3.63, 3.8) is 0 Å². The molecule has 37 heavy (non-hydrogen) atoms. The van der Waals surface area contributed by atoms with Crippen LogP contribution in [0.3, 0.4) is 0 Å². The third-order valence-corrected chi connectivity index (χ3v) is 8.10. The number of likely N-dealkylation sites (tertiary alicyclic amines) is 1. The van der Waals surface area contributed by atoms with Crippen molar-refractivity contribution in [3.05, 3.63) is 64.2 Å². The second-order valence-electron chi connectivity index (χ2n) is 10.5. The number of halogens is 1. The van der Waals surface area contributed by atoms with Crippen molar-refractivity contribution < 1.29 is 18.7 Å². The lowest BCUT2D eigenvalue weighted by Crippen LogP contribution is -2.43. The van der Waals surface area contributed by atoms with E-state index in [1.165, 1.54) is 6.42 Å². The predicted octanol–water partition coefficient (Wildman–Crippen LogP) is 5.26. The Bertz CT molecular complexity index is 1200. The molecule has 2 aliphatic heterocycles. The number of hydrogen-bond acceptors (Lipinski definition) is 3. The second-order valence-corrected chi connectivity index (χ2v) is 10.5. The molecule has 0 spiro atoms. The highest BCUT2D eigenvalue weighted by molar-refractivity contribution is 5.99. The maximum absolute atomic E-state index is 15.8. The molecule has 5 rings (SSSR count). The van der Waals surface area contributed by atoms with Gasteiger partial charge in [-0.15, -0.1) is 6.42 Å². The molecule has 3 fully saturated rings. The molecule has 0 aromatic heterocycles. The number of nitrogens with one attached hydrogen (secondary N) is 2. The molecule has 0 bridgehead atoms. The predicted molar refractivity (Wildman–Crippen MR) is 141 cm³/mol. The number of piperidine rings is 1. The fourth-order valence-corrected chi connectivity index (χ4v) is 5.51. The Morgan fingerprint density at radius 3 is 2.46 bits per heavy atom. The first-order chi connectivity index (χ1) is 17.9. The molecule has 7 heteroatoms. The lowest BCUT2D eigenvalue weighted by atomic mass is 9.78. The van der Waals surface area contributed by atoms with Crippen LogP contribution in [0, 0.1) is 19.3 Å². The van der Waals surface area contributed by atoms with Gasteiger partial charge in [0, 0.05) is 49.4 Å². The number of carbonyl (C=O) groups excluding carboxylic acids is 2. The van der Waals surface area contributed by atoms with Gasteiger partial charge in [0.2, 0.25) is 0 Å². The van der Waals surface area contributed by atoms with Gasteiger partial charge in [0.25, 0.3) is 5.91 Å². The maximum atomic E-state index is 15.8. The van der Waals surface area contributed by atoms with Crippen LogP contribution >= 0.6 is 0 Å². The normalized spacial score (nSPS) is 21.1. The van der Waals surface area contributed by atoms with Gasteiger partial charge in [-0.25, -0.2) is 9.18 Å². The summed E-state index contributed by atoms with van der Waals surface area (Å²) in [6.45, 7) is 3.74. The van der Waals surface area contributed by atoms with Crippen LogP contribution in [0.25, 0.3) is 0 Å². The molecule has 194 valence electrons. The first-order valence-electron chi connectivity index (χ1n) is 13.2. The third-order valence-electron chi connectivity index (χ3n) is 8.10. The van der Waals surface area contributed by atoms with Gasteiger partial charge in [0.15, 0.2) is 0 Å². The summed E-state index contributed by atoms with van der Waals surface area (Å²) in [4.78, 5) is 28.0. The number of anilines is 1. The number of urea groups is 1. The molecule has 2 aromatic carbocycles. The number of carbonyl (C=O) groups is 2. The molecule has 2 N–H and O–H groups in total. The topological polar surface area (TPSA) is 70.7 Å². The molecule has 1 saturated carbocycles. The van der Waals surface area contributed by atoms with Crippen LogP contribution in [0.15, 0.2) is 36.4 Å². The summed E-state index contributed by atoms with van der Waals surface area (Å²) < 4.78 is 21.1. The van der Waals surface area contributed by atoms with E-state index >= 15 is 4.39 Å². The zero-order valence-corrected chi connectivity index (χ0v) is 21.3. The molecule has 2 heterocycles. The molecule has 6 nitrogen and oxygen atoms in total. The number of terminal acetylenes is 1. The maximum Gasteiger partial charge on any atom is 0.319 e. The van der Waals surface area contributed by atoms with Crippen LogP contribution in [0.4, 0.5) is 14.9 Å². The van der Waals surface area contributed by atoms with Gasteiger partial charge in [-0.2, -0.15) is 0 Å². The molecule has 3 aliphatic rings. The number of nitrogens with zero attached hydrogens (tertiary/aromatic N) is 1. The number of alkyl halides is 1. The fourth-order valence-electron chi connectivity index (χ4n) is 5.51. The van der Waals surface area contributed by atoms with Gasteiger partial charge in [0.05, 0.1) is 12.6 Å². The van der Waals surface area contributed by atoms with E-state index in [9.17, 15) is 9.59 Å². The molecule has 0 unspecified atom stereocenters. The molecular weight excluding hydrogens is 469 g/mol. The van der Waals surface area contributed by atoms with Crippen LogP contribution in [0.5, 0.6) is 0 Å². The van der Waals surface area contributed by atoms with Gasteiger partial charge >= 0.3 is 6.03 Å². The van der Waals surface area contributed by atoms with Crippen molar-refractivity contribution in [1.82, 2.24) is 10.2 Å². The van der Waals surface area contributed by atoms with E-state index in [1.807, 2.05) is 19.1 Å². The standard InChI is InChI=1S/C30H34FN3O3/c1-3-21-7-9-23(10-8-21)30(31)12-14-34(15-13-30)28(35)25-18-27(26(17-20(25)2)22-5-4-6-22)33-29(36)32-24-11-16-37-19-24/h1,7-10,17-18,22,24H,4-6,11-16,19H2,2H3,(H2,32,33,36)/t24-/m0/s1. The Morgan fingerprint density at radius 1 is 1.14 bits per heavy atom. The SMILES string of the molecule is C#Cc1ccc(C2(F)CCN(C(=O)c3cc(NC(=O)N[C@H]4CCOC4)c(C4CCC4)cc3C)CC2)cc1. The lowest BCUT2D eigenvalue weighted by Gasteiger charge is -2.37. The summed E-state index contributed by atoms with van der Waals surface area (Å²) in [7, 11) is 0. The van der Waals surface area contributed by atoms with Crippen molar-refractivity contribution in [2.45, 2.75) is 63.1 Å². The lowest BCUT2D eigenvalue weighted by molar-refractivity contribution is 0.0421. The molecule has 2 aromatic rings. The van der Waals surface area contributed by atoms with Crippen LogP contribution in [0.1, 0.15) is 77.1 Å². The van der Waals surface area contributed by atoms with Crippen molar-refractivity contribution in [1.29, 1.82) is 0 Å². The summed E-state index contributed by atoms with van der Waals surface area (Å²) in [5, 5.41) is 5.97. The number of rotatable bonds is 5. The van der Waals surface area contributed by atoms with Crippen molar-refractivity contribution in [2.24, 2.45) is 0 Å². The molecule has 1 aliphatic carbocycles. The van der Waals surface area contributed by atoms with E-state index in [1.54, 1.807) is 29.2 Å². The van der Waals surface area contributed by atoms with Gasteiger partial charge in [-0.05, 0) is 67.0 Å². The monoisotopic (exact) mass is 503 g/mol. The molecule has 0 radical (unpaired) electrons. The van der Waals surface area contributed by atoms with E-state index in [-0.39, 0.29) is 30.8 Å². The Morgan fingerprint density at radius 2 is 1.86 bits per heavy atom. The van der Waals surface area contributed by atoms with Gasteiger partial charge in [-0.1, -0.05) is 30.5 Å². The highest BCUT2D eigenvalue weighted by Crippen LogP contribution is 2.42. The van der Waals surface area contributed by atoms with Crippen molar-refractivity contribution >= 4 is 17.6 Å². The average Bonchev–Trinajstić information content (AvgIpc) is 3.37. The molecule has 2 saturated heterocycles. The van der Waals surface area contributed by atoms with Crippen LogP contribution in [-0.2, 0) is 10.4 Å². The van der Waals surface area contributed by atoms with Crippen LogP contribution in [0.2, 0.25) is 0 Å². The summed E-state index contributed by atoms with van der Waals surface area (Å²) in [5.41, 5.74) is 3.02. The first kappa shape index (κ1) is 25.3. The number of aryl methyl sites for hydroxylation is 1. The highest BCUT2D eigenvalue weighted by Gasteiger charge is 2.38. The van der Waals surface area contributed by atoms with E-state index in [4.69, 9.17) is 11.2 Å². The van der Waals surface area contributed by atoms with E-state index < -0.39 is 5.67 Å². The summed E-state index contributed by atoms with van der Waals surface area (Å²) in [6, 6.07) is 10.6. The minimum Gasteiger partial charge on any atom is -0.379 e. The highest BCUT2D eigenvalue weighted by atomic mass is 19.1. The molecule has 3 amide bonds. The Kier molecular flexibility index (Phi) is 7.21. The van der Waals surface area contributed by atoms with Gasteiger partial charge in [-0.3, -0.25) is 4.79 Å². The van der Waals surface area contributed by atoms with Gasteiger partial charge in [0.1, 0.15) is 5.67 Å². The van der Waals surface area contributed by atoms with E-state index in [2.05, 4.69) is 16.6 Å². The number of ether oxygens (including phenoxy) is 1. The van der Waals surface area contributed by atoms with Crippen LogP contribution < -0.4 is 10.6 Å². The van der Waals surface area contributed by atoms with Crippen molar-refractivity contribution in [2.75, 3.05) is 31.6 Å². The number of hydrogen-bond donors (Lipinski definition) is 2.